The van der Waals surface area contributed by atoms with Crippen LogP contribution >= 0.6 is 0 Å². The molecule has 1 N–H and O–H groups in total. The maximum absolute atomic E-state index is 5.85. The van der Waals surface area contributed by atoms with Crippen LogP contribution in [0.2, 0.25) is 0 Å². The van der Waals surface area contributed by atoms with E-state index >= 15 is 0 Å². The fourth-order valence-corrected chi connectivity index (χ4v) is 3.43. The SMILES string of the molecule is CC(C)N(CC1CCCN1)C1CCOC(C)(C)C1. The van der Waals surface area contributed by atoms with Crippen molar-refractivity contribution in [1.29, 1.82) is 0 Å². The van der Waals surface area contributed by atoms with Crippen molar-refractivity contribution >= 4 is 0 Å². The maximum atomic E-state index is 5.85. The first-order valence-electron chi connectivity index (χ1n) is 7.61. The van der Waals surface area contributed by atoms with E-state index in [0.29, 0.717) is 18.1 Å². The first-order valence-corrected chi connectivity index (χ1v) is 7.61. The molecule has 0 aliphatic carbocycles. The molecule has 0 spiro atoms. The fraction of sp³-hybridized carbons (Fsp3) is 1.00. The standard InChI is InChI=1S/C15H30N2O/c1-12(2)17(11-13-6-5-8-16-13)14-7-9-18-15(3,4)10-14/h12-14,16H,5-11H2,1-4H3. The second kappa shape index (κ2) is 5.89. The van der Waals surface area contributed by atoms with Gasteiger partial charge in [0.25, 0.3) is 0 Å². The van der Waals surface area contributed by atoms with Crippen LogP contribution in [-0.4, -0.2) is 48.3 Å². The van der Waals surface area contributed by atoms with E-state index in [9.17, 15) is 0 Å². The normalized spacial score (nSPS) is 32.3. The average molecular weight is 254 g/mol. The first kappa shape index (κ1) is 14.3. The number of ether oxygens (including phenoxy) is 1. The zero-order valence-electron chi connectivity index (χ0n) is 12.5. The van der Waals surface area contributed by atoms with Gasteiger partial charge in [0, 0.05) is 31.3 Å². The second-order valence-corrected chi connectivity index (χ2v) is 6.84. The van der Waals surface area contributed by atoms with Crippen molar-refractivity contribution in [2.45, 2.75) is 77.1 Å². The highest BCUT2D eigenvalue weighted by Gasteiger charge is 2.34. The largest absolute Gasteiger partial charge is 0.375 e. The Morgan fingerprint density at radius 2 is 2.11 bits per heavy atom. The molecule has 0 bridgehead atoms. The van der Waals surface area contributed by atoms with Crippen molar-refractivity contribution in [1.82, 2.24) is 10.2 Å². The fourth-order valence-electron chi connectivity index (χ4n) is 3.43. The van der Waals surface area contributed by atoms with E-state index in [1.165, 1.54) is 32.4 Å². The predicted octanol–water partition coefficient (Wildman–Crippen LogP) is 2.41. The quantitative estimate of drug-likeness (QED) is 0.834. The van der Waals surface area contributed by atoms with Gasteiger partial charge in [-0.2, -0.15) is 0 Å². The molecule has 2 unspecified atom stereocenters. The number of rotatable bonds is 4. The highest BCUT2D eigenvalue weighted by Crippen LogP contribution is 2.29. The smallest absolute Gasteiger partial charge is 0.0641 e. The lowest BCUT2D eigenvalue weighted by Gasteiger charge is -2.44. The molecule has 3 heteroatoms. The third-order valence-corrected chi connectivity index (χ3v) is 4.40. The second-order valence-electron chi connectivity index (χ2n) is 6.84. The van der Waals surface area contributed by atoms with Crippen molar-refractivity contribution in [2.24, 2.45) is 0 Å². The Bertz CT molecular complexity index is 259. The van der Waals surface area contributed by atoms with Gasteiger partial charge in [0.1, 0.15) is 0 Å². The van der Waals surface area contributed by atoms with E-state index < -0.39 is 0 Å². The Morgan fingerprint density at radius 1 is 1.33 bits per heavy atom. The Labute approximate surface area is 112 Å². The molecule has 2 rings (SSSR count). The van der Waals surface area contributed by atoms with E-state index in [4.69, 9.17) is 4.74 Å². The van der Waals surface area contributed by atoms with Gasteiger partial charge in [-0.3, -0.25) is 4.90 Å². The molecule has 0 amide bonds. The summed E-state index contributed by atoms with van der Waals surface area (Å²) < 4.78 is 5.85. The molecular formula is C15H30N2O. The molecule has 3 nitrogen and oxygen atoms in total. The number of nitrogens with one attached hydrogen (secondary N) is 1. The lowest BCUT2D eigenvalue weighted by Crippen LogP contribution is -2.52. The molecule has 0 saturated carbocycles. The summed E-state index contributed by atoms with van der Waals surface area (Å²) in [5.74, 6) is 0. The Kier molecular flexibility index (Phi) is 4.68. The Morgan fingerprint density at radius 3 is 2.67 bits per heavy atom. The molecule has 0 radical (unpaired) electrons. The third kappa shape index (κ3) is 3.69. The van der Waals surface area contributed by atoms with E-state index in [1.54, 1.807) is 0 Å². The van der Waals surface area contributed by atoms with Gasteiger partial charge >= 0.3 is 0 Å². The summed E-state index contributed by atoms with van der Waals surface area (Å²) in [5.41, 5.74) is 0.0547. The number of hydrogen-bond acceptors (Lipinski definition) is 3. The van der Waals surface area contributed by atoms with Crippen LogP contribution in [0.25, 0.3) is 0 Å². The summed E-state index contributed by atoms with van der Waals surface area (Å²) in [6.45, 7) is 12.4. The lowest BCUT2D eigenvalue weighted by molar-refractivity contribution is -0.0883. The van der Waals surface area contributed by atoms with Crippen LogP contribution in [0.4, 0.5) is 0 Å². The van der Waals surface area contributed by atoms with Crippen molar-refractivity contribution in [3.05, 3.63) is 0 Å². The summed E-state index contributed by atoms with van der Waals surface area (Å²) in [5, 5.41) is 3.63. The maximum Gasteiger partial charge on any atom is 0.0641 e. The molecule has 106 valence electrons. The topological polar surface area (TPSA) is 24.5 Å². The third-order valence-electron chi connectivity index (χ3n) is 4.40. The summed E-state index contributed by atoms with van der Waals surface area (Å²) in [7, 11) is 0. The Hall–Kier alpha value is -0.120. The highest BCUT2D eigenvalue weighted by molar-refractivity contribution is 4.89. The summed E-state index contributed by atoms with van der Waals surface area (Å²) in [6.07, 6.45) is 5.04. The summed E-state index contributed by atoms with van der Waals surface area (Å²) in [4.78, 5) is 2.70. The van der Waals surface area contributed by atoms with Gasteiger partial charge in [-0.15, -0.1) is 0 Å². The highest BCUT2D eigenvalue weighted by atomic mass is 16.5. The van der Waals surface area contributed by atoms with Gasteiger partial charge in [-0.25, -0.2) is 0 Å². The zero-order chi connectivity index (χ0) is 13.2. The minimum atomic E-state index is 0.0547. The molecular weight excluding hydrogens is 224 g/mol. The van der Waals surface area contributed by atoms with Gasteiger partial charge in [0.05, 0.1) is 5.60 Å². The van der Waals surface area contributed by atoms with E-state index in [0.717, 1.165) is 13.0 Å². The summed E-state index contributed by atoms with van der Waals surface area (Å²) in [6, 6.07) is 2.03. The minimum Gasteiger partial charge on any atom is -0.375 e. The average Bonchev–Trinajstić information content (AvgIpc) is 2.76. The molecule has 0 aromatic heterocycles. The molecule has 18 heavy (non-hydrogen) atoms. The van der Waals surface area contributed by atoms with Crippen LogP contribution in [0.1, 0.15) is 53.4 Å². The van der Waals surface area contributed by atoms with Gasteiger partial charge < -0.3 is 10.1 Å². The molecule has 0 aromatic rings. The van der Waals surface area contributed by atoms with E-state index in [1.807, 2.05) is 0 Å². The van der Waals surface area contributed by atoms with Crippen LogP contribution in [0, 0.1) is 0 Å². The first-order chi connectivity index (χ1) is 8.48. The molecule has 2 saturated heterocycles. The predicted molar refractivity (Wildman–Crippen MR) is 75.9 cm³/mol. The minimum absolute atomic E-state index is 0.0547. The van der Waals surface area contributed by atoms with Crippen molar-refractivity contribution in [3.8, 4) is 0 Å². The molecule has 0 aromatic carbocycles. The summed E-state index contributed by atoms with van der Waals surface area (Å²) >= 11 is 0. The van der Waals surface area contributed by atoms with E-state index in [-0.39, 0.29) is 5.60 Å². The van der Waals surface area contributed by atoms with E-state index in [2.05, 4.69) is 37.9 Å². The molecule has 2 heterocycles. The number of hydrogen-bond donors (Lipinski definition) is 1. The van der Waals surface area contributed by atoms with Gasteiger partial charge in [-0.05, 0) is 59.9 Å². The van der Waals surface area contributed by atoms with Crippen molar-refractivity contribution in [3.63, 3.8) is 0 Å². The van der Waals surface area contributed by atoms with Crippen LogP contribution in [0.5, 0.6) is 0 Å². The van der Waals surface area contributed by atoms with Crippen molar-refractivity contribution in [2.75, 3.05) is 19.7 Å². The van der Waals surface area contributed by atoms with Crippen LogP contribution < -0.4 is 5.32 Å². The molecule has 2 fully saturated rings. The molecule has 2 aliphatic rings. The van der Waals surface area contributed by atoms with Crippen molar-refractivity contribution < 1.29 is 4.74 Å². The van der Waals surface area contributed by atoms with Crippen LogP contribution in [0.3, 0.4) is 0 Å². The zero-order valence-corrected chi connectivity index (χ0v) is 12.5. The van der Waals surface area contributed by atoms with Gasteiger partial charge in [-0.1, -0.05) is 0 Å². The monoisotopic (exact) mass is 254 g/mol. The molecule has 2 aliphatic heterocycles. The van der Waals surface area contributed by atoms with Crippen LogP contribution in [-0.2, 0) is 4.74 Å². The molecule has 2 atom stereocenters. The lowest BCUT2D eigenvalue weighted by atomic mass is 9.91. The van der Waals surface area contributed by atoms with Crippen LogP contribution in [0.15, 0.2) is 0 Å². The van der Waals surface area contributed by atoms with Gasteiger partial charge in [0.2, 0.25) is 0 Å². The number of nitrogens with zero attached hydrogens (tertiary/aromatic N) is 1. The Balaban J connectivity index is 1.95. The van der Waals surface area contributed by atoms with Gasteiger partial charge in [0.15, 0.2) is 0 Å².